The van der Waals surface area contributed by atoms with Gasteiger partial charge in [0.25, 0.3) is 0 Å². The van der Waals surface area contributed by atoms with Gasteiger partial charge in [-0.25, -0.2) is 0 Å². The molecule has 1 unspecified atom stereocenters. The zero-order chi connectivity index (χ0) is 21.5. The SMILES string of the molecule is CCNC(=NCC(C)CN1CCN(C)CC1)N1CCc2cc(OC)c(OC)cc2C1. The molecule has 2 heterocycles. The molecule has 0 bridgehead atoms. The lowest BCUT2D eigenvalue weighted by atomic mass is 9.99. The van der Waals surface area contributed by atoms with Gasteiger partial charge in [-0.1, -0.05) is 6.92 Å². The Kier molecular flexibility index (Phi) is 8.22. The van der Waals surface area contributed by atoms with Crippen molar-refractivity contribution in [1.29, 1.82) is 0 Å². The van der Waals surface area contributed by atoms with Gasteiger partial charge in [0.2, 0.25) is 0 Å². The van der Waals surface area contributed by atoms with E-state index >= 15 is 0 Å². The number of nitrogens with zero attached hydrogens (tertiary/aromatic N) is 4. The van der Waals surface area contributed by atoms with Gasteiger partial charge in [-0.2, -0.15) is 0 Å². The lowest BCUT2D eigenvalue weighted by Crippen LogP contribution is -2.46. The third-order valence-corrected chi connectivity index (χ3v) is 6.07. The van der Waals surface area contributed by atoms with Gasteiger partial charge < -0.3 is 29.5 Å². The van der Waals surface area contributed by atoms with E-state index in [9.17, 15) is 0 Å². The summed E-state index contributed by atoms with van der Waals surface area (Å²) < 4.78 is 11.0. The molecule has 1 atom stereocenters. The Morgan fingerprint density at radius 1 is 1.07 bits per heavy atom. The molecule has 7 nitrogen and oxygen atoms in total. The number of hydrogen-bond donors (Lipinski definition) is 1. The van der Waals surface area contributed by atoms with Gasteiger partial charge in [-0.15, -0.1) is 0 Å². The number of benzene rings is 1. The first-order valence-electron chi connectivity index (χ1n) is 11.2. The fourth-order valence-corrected chi connectivity index (χ4v) is 4.26. The smallest absolute Gasteiger partial charge is 0.194 e. The Morgan fingerprint density at radius 2 is 1.73 bits per heavy atom. The number of hydrogen-bond acceptors (Lipinski definition) is 5. The van der Waals surface area contributed by atoms with Crippen molar-refractivity contribution in [2.75, 3.05) is 73.6 Å². The molecule has 1 N–H and O–H groups in total. The van der Waals surface area contributed by atoms with Crippen molar-refractivity contribution in [1.82, 2.24) is 20.0 Å². The minimum Gasteiger partial charge on any atom is -0.493 e. The summed E-state index contributed by atoms with van der Waals surface area (Å²) in [5, 5.41) is 3.50. The lowest BCUT2D eigenvalue weighted by molar-refractivity contribution is 0.140. The zero-order valence-corrected chi connectivity index (χ0v) is 19.4. The van der Waals surface area contributed by atoms with Crippen LogP contribution in [0.3, 0.4) is 0 Å². The molecule has 30 heavy (non-hydrogen) atoms. The van der Waals surface area contributed by atoms with Crippen LogP contribution in [0.25, 0.3) is 0 Å². The maximum Gasteiger partial charge on any atom is 0.194 e. The maximum absolute atomic E-state index is 5.51. The molecule has 1 aromatic rings. The summed E-state index contributed by atoms with van der Waals surface area (Å²) in [6.45, 7) is 13.8. The molecule has 0 aliphatic carbocycles. The number of methoxy groups -OCH3 is 2. The van der Waals surface area contributed by atoms with E-state index in [1.165, 1.54) is 37.3 Å². The average molecular weight is 418 g/mol. The van der Waals surface area contributed by atoms with E-state index in [2.05, 4.69) is 53.0 Å². The van der Waals surface area contributed by atoms with E-state index in [4.69, 9.17) is 14.5 Å². The minimum atomic E-state index is 0.545. The summed E-state index contributed by atoms with van der Waals surface area (Å²) >= 11 is 0. The van der Waals surface area contributed by atoms with Crippen molar-refractivity contribution in [3.8, 4) is 11.5 Å². The predicted molar refractivity (Wildman–Crippen MR) is 123 cm³/mol. The van der Waals surface area contributed by atoms with Crippen LogP contribution in [0.1, 0.15) is 25.0 Å². The van der Waals surface area contributed by atoms with Gasteiger partial charge in [-0.3, -0.25) is 4.99 Å². The highest BCUT2D eigenvalue weighted by Crippen LogP contribution is 2.33. The highest BCUT2D eigenvalue weighted by atomic mass is 16.5. The van der Waals surface area contributed by atoms with Crippen LogP contribution >= 0.6 is 0 Å². The third-order valence-electron chi connectivity index (χ3n) is 6.07. The number of aliphatic imine (C=N–C) groups is 1. The van der Waals surface area contributed by atoms with E-state index in [0.29, 0.717) is 5.92 Å². The normalized spacial score (nSPS) is 19.4. The summed E-state index contributed by atoms with van der Waals surface area (Å²) in [4.78, 5) is 12.3. The highest BCUT2D eigenvalue weighted by molar-refractivity contribution is 5.80. The van der Waals surface area contributed by atoms with Crippen LogP contribution < -0.4 is 14.8 Å². The Balaban J connectivity index is 1.63. The Hall–Kier alpha value is -1.99. The number of guanidine groups is 1. The number of likely N-dealkylation sites (N-methyl/N-ethyl adjacent to an activating group) is 1. The molecule has 2 aliphatic rings. The molecular formula is C23H39N5O2. The van der Waals surface area contributed by atoms with Crippen molar-refractivity contribution in [3.05, 3.63) is 23.3 Å². The number of fused-ring (bicyclic) bond motifs is 1. The molecule has 0 amide bonds. The lowest BCUT2D eigenvalue weighted by Gasteiger charge is -2.34. The molecule has 2 aliphatic heterocycles. The van der Waals surface area contributed by atoms with Crippen LogP contribution in [0.4, 0.5) is 0 Å². The summed E-state index contributed by atoms with van der Waals surface area (Å²) in [6.07, 6.45) is 0.983. The maximum atomic E-state index is 5.51. The van der Waals surface area contributed by atoms with E-state index < -0.39 is 0 Å². The minimum absolute atomic E-state index is 0.545. The van der Waals surface area contributed by atoms with Crippen LogP contribution in [0, 0.1) is 5.92 Å². The second kappa shape index (κ2) is 10.9. The van der Waals surface area contributed by atoms with E-state index in [-0.39, 0.29) is 0 Å². The van der Waals surface area contributed by atoms with Gasteiger partial charge in [0.05, 0.1) is 14.2 Å². The molecule has 3 rings (SSSR count). The third kappa shape index (κ3) is 5.79. The van der Waals surface area contributed by atoms with Crippen molar-refractivity contribution in [2.45, 2.75) is 26.8 Å². The Labute approximate surface area is 182 Å². The van der Waals surface area contributed by atoms with Gasteiger partial charge in [0, 0.05) is 58.9 Å². The molecular weight excluding hydrogens is 378 g/mol. The summed E-state index contributed by atoms with van der Waals surface area (Å²) in [6, 6.07) is 4.23. The van der Waals surface area contributed by atoms with Crippen molar-refractivity contribution in [2.24, 2.45) is 10.9 Å². The number of rotatable bonds is 7. The Bertz CT molecular complexity index is 716. The topological polar surface area (TPSA) is 52.6 Å². The molecule has 0 aromatic heterocycles. The van der Waals surface area contributed by atoms with Crippen molar-refractivity contribution in [3.63, 3.8) is 0 Å². The number of piperazine rings is 1. The average Bonchev–Trinajstić information content (AvgIpc) is 2.76. The van der Waals surface area contributed by atoms with E-state index in [1.54, 1.807) is 14.2 Å². The first-order valence-corrected chi connectivity index (χ1v) is 11.2. The quantitative estimate of drug-likeness (QED) is 0.540. The molecule has 7 heteroatoms. The van der Waals surface area contributed by atoms with Crippen LogP contribution in [0.5, 0.6) is 11.5 Å². The first kappa shape index (κ1) is 22.7. The summed E-state index contributed by atoms with van der Waals surface area (Å²) in [5.41, 5.74) is 2.62. The van der Waals surface area contributed by atoms with Crippen LogP contribution in [0.15, 0.2) is 17.1 Å². The van der Waals surface area contributed by atoms with Crippen molar-refractivity contribution < 1.29 is 9.47 Å². The van der Waals surface area contributed by atoms with Gasteiger partial charge in [-0.05, 0) is 49.6 Å². The molecule has 1 fully saturated rings. The van der Waals surface area contributed by atoms with Gasteiger partial charge in [0.1, 0.15) is 0 Å². The second-order valence-corrected chi connectivity index (χ2v) is 8.55. The van der Waals surface area contributed by atoms with E-state index in [0.717, 1.165) is 56.6 Å². The fraction of sp³-hybridized carbons (Fsp3) is 0.696. The van der Waals surface area contributed by atoms with Crippen molar-refractivity contribution >= 4 is 5.96 Å². The highest BCUT2D eigenvalue weighted by Gasteiger charge is 2.22. The second-order valence-electron chi connectivity index (χ2n) is 8.55. The molecule has 0 saturated carbocycles. The number of nitrogens with one attached hydrogen (secondary N) is 1. The fourth-order valence-electron chi connectivity index (χ4n) is 4.26. The van der Waals surface area contributed by atoms with Crippen LogP contribution in [0.2, 0.25) is 0 Å². The zero-order valence-electron chi connectivity index (χ0n) is 19.4. The van der Waals surface area contributed by atoms with Gasteiger partial charge in [0.15, 0.2) is 17.5 Å². The first-order chi connectivity index (χ1) is 14.5. The summed E-state index contributed by atoms with van der Waals surface area (Å²) in [7, 11) is 5.59. The molecule has 0 spiro atoms. The van der Waals surface area contributed by atoms with E-state index in [1.807, 2.05) is 0 Å². The standard InChI is InChI=1S/C23H39N5O2/c1-6-24-23(25-15-18(2)16-27-11-9-26(3)10-12-27)28-8-7-19-13-21(29-4)22(30-5)14-20(19)17-28/h13-14,18H,6-12,15-17H2,1-5H3,(H,24,25). The predicted octanol–water partition coefficient (Wildman–Crippen LogP) is 1.91. The Morgan fingerprint density at radius 3 is 2.37 bits per heavy atom. The van der Waals surface area contributed by atoms with Crippen LogP contribution in [-0.2, 0) is 13.0 Å². The molecule has 1 aromatic carbocycles. The number of ether oxygens (including phenoxy) is 2. The van der Waals surface area contributed by atoms with Gasteiger partial charge >= 0.3 is 0 Å². The summed E-state index contributed by atoms with van der Waals surface area (Å²) in [5.74, 6) is 3.16. The molecule has 168 valence electrons. The molecule has 1 saturated heterocycles. The van der Waals surface area contributed by atoms with Crippen LogP contribution in [-0.4, -0.2) is 94.3 Å². The molecule has 0 radical (unpaired) electrons. The monoisotopic (exact) mass is 417 g/mol. The largest absolute Gasteiger partial charge is 0.493 e.